The molecule has 2 N–H and O–H groups in total. The molecule has 0 spiro atoms. The fraction of sp³-hybridized carbons (Fsp3) is 0.308. The predicted octanol–water partition coefficient (Wildman–Crippen LogP) is 5.02. The van der Waals surface area contributed by atoms with E-state index in [-0.39, 0.29) is 5.82 Å². The molecule has 0 bridgehead atoms. The van der Waals surface area contributed by atoms with Crippen LogP contribution in [0.4, 0.5) is 4.39 Å². The van der Waals surface area contributed by atoms with Crippen LogP contribution in [0.3, 0.4) is 0 Å². The molecule has 168 valence electrons. The molecule has 2 aromatic rings. The van der Waals surface area contributed by atoms with Crippen molar-refractivity contribution < 1.29 is 24.2 Å². The number of rotatable bonds is 6. The zero-order chi connectivity index (χ0) is 22.9. The first-order chi connectivity index (χ1) is 15.4. The van der Waals surface area contributed by atoms with Gasteiger partial charge >= 0.3 is 11.9 Å². The molecule has 0 amide bonds. The van der Waals surface area contributed by atoms with Crippen LogP contribution in [-0.4, -0.2) is 46.7 Å². The molecule has 0 radical (unpaired) electrons. The predicted molar refractivity (Wildman–Crippen MR) is 123 cm³/mol. The Bertz CT molecular complexity index is 989. The molecule has 4 rings (SSSR count). The summed E-state index contributed by atoms with van der Waals surface area (Å²) in [7, 11) is 0. The number of halogens is 1. The van der Waals surface area contributed by atoms with Crippen molar-refractivity contribution in [1.29, 1.82) is 0 Å². The molecule has 1 aliphatic heterocycles. The van der Waals surface area contributed by atoms with Crippen LogP contribution in [0.5, 0.6) is 0 Å². The molecule has 1 saturated heterocycles. The third kappa shape index (κ3) is 6.62. The van der Waals surface area contributed by atoms with Crippen molar-refractivity contribution in [2.24, 2.45) is 0 Å². The average Bonchev–Trinajstić information content (AvgIpc) is 3.21. The Labute approximate surface area is 187 Å². The second-order valence-corrected chi connectivity index (χ2v) is 7.93. The van der Waals surface area contributed by atoms with E-state index in [1.165, 1.54) is 61.2 Å². The zero-order valence-electron chi connectivity index (χ0n) is 18.0. The van der Waals surface area contributed by atoms with Crippen molar-refractivity contribution in [2.45, 2.75) is 32.1 Å². The number of carboxylic acid groups (broad SMARTS) is 2. The van der Waals surface area contributed by atoms with Gasteiger partial charge in [-0.1, -0.05) is 42.8 Å². The van der Waals surface area contributed by atoms with Gasteiger partial charge in [0.15, 0.2) is 0 Å². The van der Waals surface area contributed by atoms with Gasteiger partial charge in [0, 0.05) is 18.7 Å². The molecule has 32 heavy (non-hydrogen) atoms. The van der Waals surface area contributed by atoms with E-state index in [0.29, 0.717) is 12.2 Å². The Morgan fingerprint density at radius 1 is 0.906 bits per heavy atom. The highest BCUT2D eigenvalue weighted by Gasteiger charge is 2.19. The van der Waals surface area contributed by atoms with Gasteiger partial charge in [0.1, 0.15) is 5.82 Å². The van der Waals surface area contributed by atoms with Crippen LogP contribution in [0.2, 0.25) is 0 Å². The third-order valence-corrected chi connectivity index (χ3v) is 5.74. The van der Waals surface area contributed by atoms with Gasteiger partial charge in [0.25, 0.3) is 0 Å². The lowest BCUT2D eigenvalue weighted by Gasteiger charge is -2.26. The van der Waals surface area contributed by atoms with E-state index in [0.717, 1.165) is 18.4 Å². The first-order valence-electron chi connectivity index (χ1n) is 10.9. The second-order valence-electron chi connectivity index (χ2n) is 7.93. The number of carboxylic acids is 2. The Morgan fingerprint density at radius 3 is 2.16 bits per heavy atom. The summed E-state index contributed by atoms with van der Waals surface area (Å²) in [6.07, 6.45) is 9.74. The van der Waals surface area contributed by atoms with Crippen LogP contribution in [0.1, 0.15) is 36.8 Å². The fourth-order valence-electron chi connectivity index (χ4n) is 4.18. The molecule has 6 heteroatoms. The molecule has 2 aromatic carbocycles. The Kier molecular flexibility index (Phi) is 8.34. The van der Waals surface area contributed by atoms with Crippen molar-refractivity contribution >= 4 is 17.5 Å². The monoisotopic (exact) mass is 437 g/mol. The first-order valence-corrected chi connectivity index (χ1v) is 10.9. The highest BCUT2D eigenvalue weighted by Crippen LogP contribution is 2.36. The molecule has 0 aromatic heterocycles. The van der Waals surface area contributed by atoms with Gasteiger partial charge in [-0.2, -0.15) is 0 Å². The van der Waals surface area contributed by atoms with E-state index in [2.05, 4.69) is 29.2 Å². The molecule has 0 saturated carbocycles. The first kappa shape index (κ1) is 23.4. The van der Waals surface area contributed by atoms with E-state index in [1.54, 1.807) is 12.1 Å². The normalized spacial score (nSPS) is 15.6. The van der Waals surface area contributed by atoms with Crippen LogP contribution >= 0.6 is 0 Å². The van der Waals surface area contributed by atoms with Crippen molar-refractivity contribution in [3.63, 3.8) is 0 Å². The number of hydrogen-bond donors (Lipinski definition) is 2. The summed E-state index contributed by atoms with van der Waals surface area (Å²) >= 11 is 0. The van der Waals surface area contributed by atoms with Gasteiger partial charge < -0.3 is 15.1 Å². The molecule has 2 aliphatic rings. The van der Waals surface area contributed by atoms with Gasteiger partial charge in [0.2, 0.25) is 0 Å². The lowest BCUT2D eigenvalue weighted by molar-refractivity contribution is -0.134. The lowest BCUT2D eigenvalue weighted by atomic mass is 9.94. The Balaban J connectivity index is 0.000000312. The summed E-state index contributed by atoms with van der Waals surface area (Å²) in [6, 6.07) is 13.4. The van der Waals surface area contributed by atoms with Gasteiger partial charge in [0.05, 0.1) is 0 Å². The number of likely N-dealkylation sites (tertiary alicyclic amines) is 1. The van der Waals surface area contributed by atoms with Crippen molar-refractivity contribution in [3.8, 4) is 11.1 Å². The second kappa shape index (κ2) is 11.4. The van der Waals surface area contributed by atoms with E-state index in [9.17, 15) is 14.0 Å². The number of aliphatic carboxylic acids is 2. The molecule has 0 atom stereocenters. The minimum atomic E-state index is -1.26. The molecule has 1 heterocycles. The quantitative estimate of drug-likeness (QED) is 0.621. The summed E-state index contributed by atoms with van der Waals surface area (Å²) in [5, 5.41) is 15.6. The summed E-state index contributed by atoms with van der Waals surface area (Å²) in [6.45, 7) is 3.69. The Morgan fingerprint density at radius 2 is 1.53 bits per heavy atom. The van der Waals surface area contributed by atoms with Gasteiger partial charge in [-0.3, -0.25) is 0 Å². The van der Waals surface area contributed by atoms with Crippen LogP contribution < -0.4 is 0 Å². The third-order valence-electron chi connectivity index (χ3n) is 5.74. The molecular formula is C26H28FNO4. The smallest absolute Gasteiger partial charge is 0.328 e. The summed E-state index contributed by atoms with van der Waals surface area (Å²) in [4.78, 5) is 21.7. The summed E-state index contributed by atoms with van der Waals surface area (Å²) < 4.78 is 13.2. The Hall–Kier alpha value is -3.25. The average molecular weight is 438 g/mol. The van der Waals surface area contributed by atoms with Crippen LogP contribution in [0.25, 0.3) is 16.7 Å². The number of allylic oxidation sites excluding steroid dienone is 1. The molecule has 1 fully saturated rings. The molecule has 0 unspecified atom stereocenters. The van der Waals surface area contributed by atoms with E-state index in [4.69, 9.17) is 10.2 Å². The highest BCUT2D eigenvalue weighted by molar-refractivity contribution is 5.89. The SMILES string of the molecule is Fc1ccc(-c2cccc3c2CC=C3CCN2CCCCC2)cc1.O=C(O)/C=C\C(=O)O. The molecule has 1 aliphatic carbocycles. The van der Waals surface area contributed by atoms with Gasteiger partial charge in [-0.15, -0.1) is 0 Å². The number of piperidine rings is 1. The van der Waals surface area contributed by atoms with E-state index < -0.39 is 11.9 Å². The maximum Gasteiger partial charge on any atom is 0.328 e. The van der Waals surface area contributed by atoms with Crippen LogP contribution in [0, 0.1) is 5.82 Å². The standard InChI is InChI=1S/C22H24FN.C4H4O4/c23-19-10-7-17(8-11-19)20-5-4-6-21-18(9-12-22(20)21)13-16-24-14-2-1-3-15-24;5-3(6)1-2-4(7)8/h4-11H,1-3,12-16H2;1-2H,(H,5,6)(H,7,8)/b;2-1-. The largest absolute Gasteiger partial charge is 0.478 e. The highest BCUT2D eigenvalue weighted by atomic mass is 19.1. The molecule has 5 nitrogen and oxygen atoms in total. The number of fused-ring (bicyclic) bond motifs is 1. The zero-order valence-corrected chi connectivity index (χ0v) is 18.0. The minimum Gasteiger partial charge on any atom is -0.478 e. The minimum absolute atomic E-state index is 0.174. The topological polar surface area (TPSA) is 77.8 Å². The lowest BCUT2D eigenvalue weighted by Crippen LogP contribution is -2.30. The number of nitrogens with zero attached hydrogens (tertiary/aromatic N) is 1. The number of hydrogen-bond acceptors (Lipinski definition) is 3. The number of carbonyl (C=O) groups is 2. The number of benzene rings is 2. The summed E-state index contributed by atoms with van der Waals surface area (Å²) in [5.74, 6) is -2.69. The fourth-order valence-corrected chi connectivity index (χ4v) is 4.18. The molecular weight excluding hydrogens is 409 g/mol. The van der Waals surface area contributed by atoms with Gasteiger partial charge in [-0.25, -0.2) is 14.0 Å². The van der Waals surface area contributed by atoms with Crippen molar-refractivity contribution in [3.05, 3.63) is 77.6 Å². The maximum atomic E-state index is 13.2. The van der Waals surface area contributed by atoms with Crippen LogP contribution in [0.15, 0.2) is 60.7 Å². The van der Waals surface area contributed by atoms with Crippen molar-refractivity contribution in [1.82, 2.24) is 4.90 Å². The maximum absolute atomic E-state index is 13.2. The van der Waals surface area contributed by atoms with E-state index in [1.807, 2.05) is 12.1 Å². The van der Waals surface area contributed by atoms with E-state index >= 15 is 0 Å². The van der Waals surface area contributed by atoms with Crippen molar-refractivity contribution in [2.75, 3.05) is 19.6 Å². The summed E-state index contributed by atoms with van der Waals surface area (Å²) in [5.41, 5.74) is 6.64. The van der Waals surface area contributed by atoms with Gasteiger partial charge in [-0.05, 0) is 78.7 Å². The van der Waals surface area contributed by atoms with Crippen LogP contribution in [-0.2, 0) is 16.0 Å².